The number of esters is 1. The van der Waals surface area contributed by atoms with Gasteiger partial charge in [-0.05, 0) is 29.8 Å². The van der Waals surface area contributed by atoms with Gasteiger partial charge in [0.1, 0.15) is 5.82 Å². The molecule has 0 saturated heterocycles. The molecule has 3 rings (SSSR count). The van der Waals surface area contributed by atoms with Crippen molar-refractivity contribution < 1.29 is 34.0 Å². The van der Waals surface area contributed by atoms with E-state index in [0.29, 0.717) is 11.9 Å². The van der Waals surface area contributed by atoms with Crippen LogP contribution in [-0.4, -0.2) is 51.1 Å². The third kappa shape index (κ3) is 5.36. The maximum absolute atomic E-state index is 13.4. The lowest BCUT2D eigenvalue weighted by Gasteiger charge is -2.14. The summed E-state index contributed by atoms with van der Waals surface area (Å²) in [5.41, 5.74) is 1.56. The summed E-state index contributed by atoms with van der Waals surface area (Å²) in [6.45, 7) is -0.0983. The van der Waals surface area contributed by atoms with E-state index in [9.17, 15) is 24.2 Å². The summed E-state index contributed by atoms with van der Waals surface area (Å²) >= 11 is 1.47. The highest BCUT2D eigenvalue weighted by Crippen LogP contribution is 2.35. The molecule has 0 bridgehead atoms. The van der Waals surface area contributed by atoms with Gasteiger partial charge in [0.15, 0.2) is 12.2 Å². The number of carbonyl (C=O) groups is 2. The number of benzene rings is 2. The average Bonchev–Trinajstić information content (AvgIpc) is 3.09. The number of carboxylic acids is 1. The molecule has 30 heavy (non-hydrogen) atoms. The molecular formula is C20H21FN2O6S. The number of aliphatic hydroxyl groups is 2. The number of carbonyl (C=O) groups excluding carboxylic acids is 1. The van der Waals surface area contributed by atoms with E-state index in [0.717, 1.165) is 20.7 Å². The maximum atomic E-state index is 13.4. The molecule has 8 nitrogen and oxygen atoms in total. The fourth-order valence-electron chi connectivity index (χ4n) is 2.70. The predicted molar refractivity (Wildman–Crippen MR) is 108 cm³/mol. The first kappa shape index (κ1) is 23.4. The van der Waals surface area contributed by atoms with E-state index in [1.54, 1.807) is 12.3 Å². The molecule has 7 N–H and O–H groups in total. The van der Waals surface area contributed by atoms with Crippen LogP contribution < -0.4 is 6.15 Å². The van der Waals surface area contributed by atoms with Gasteiger partial charge in [0.05, 0.1) is 6.61 Å². The van der Waals surface area contributed by atoms with Crippen LogP contribution in [0.3, 0.4) is 0 Å². The van der Waals surface area contributed by atoms with Crippen molar-refractivity contribution in [3.63, 3.8) is 0 Å². The van der Waals surface area contributed by atoms with Crippen LogP contribution >= 0.6 is 11.8 Å². The molecule has 0 aliphatic carbocycles. The van der Waals surface area contributed by atoms with Gasteiger partial charge in [-0.3, -0.25) is 0 Å². The molecule has 2 unspecified atom stereocenters. The highest BCUT2D eigenvalue weighted by atomic mass is 32.2. The minimum absolute atomic E-state index is 0. The quantitative estimate of drug-likeness (QED) is 0.337. The molecule has 2 aromatic carbocycles. The number of hydrogen-bond donors (Lipinski definition) is 5. The number of carboxylic acid groups (broad SMARTS) is 1. The summed E-state index contributed by atoms with van der Waals surface area (Å²) in [4.78, 5) is 27.1. The van der Waals surface area contributed by atoms with E-state index in [1.807, 2.05) is 24.3 Å². The number of hydrogen-bond acceptors (Lipinski definition) is 7. The van der Waals surface area contributed by atoms with Crippen molar-refractivity contribution in [1.29, 1.82) is 0 Å². The molecule has 10 heteroatoms. The molecule has 2 atom stereocenters. The van der Waals surface area contributed by atoms with Crippen LogP contribution in [0.4, 0.5) is 4.39 Å². The lowest BCUT2D eigenvalue weighted by molar-refractivity contribution is -0.169. The van der Waals surface area contributed by atoms with E-state index in [2.05, 4.69) is 4.98 Å². The minimum atomic E-state index is -2.24. The molecule has 0 aliphatic rings. The number of aliphatic hydroxyl groups excluding tert-OH is 2. The second-order valence-corrected chi connectivity index (χ2v) is 7.28. The Kier molecular flexibility index (Phi) is 7.95. The van der Waals surface area contributed by atoms with Crippen LogP contribution in [0.2, 0.25) is 0 Å². The highest BCUT2D eigenvalue weighted by Gasteiger charge is 2.31. The van der Waals surface area contributed by atoms with Crippen molar-refractivity contribution >= 4 is 34.6 Å². The van der Waals surface area contributed by atoms with Gasteiger partial charge in [0.25, 0.3) is 0 Å². The van der Waals surface area contributed by atoms with E-state index in [1.165, 1.54) is 23.9 Å². The number of aromatic amines is 1. The lowest BCUT2D eigenvalue weighted by atomic mass is 10.1. The number of rotatable bonds is 8. The second-order valence-electron chi connectivity index (χ2n) is 6.20. The fraction of sp³-hybridized carbons (Fsp3) is 0.200. The number of aromatic nitrogens is 1. The molecule has 0 amide bonds. The summed E-state index contributed by atoms with van der Waals surface area (Å²) < 4.78 is 18.2. The summed E-state index contributed by atoms with van der Waals surface area (Å²) in [7, 11) is 0. The number of H-pyrrole nitrogens is 1. The number of ether oxygens (including phenoxy) is 1. The number of aliphatic carboxylic acids is 1. The topological polar surface area (TPSA) is 155 Å². The van der Waals surface area contributed by atoms with E-state index in [-0.39, 0.29) is 18.6 Å². The van der Waals surface area contributed by atoms with Crippen LogP contribution in [0.15, 0.2) is 58.5 Å². The minimum Gasteiger partial charge on any atom is -0.479 e. The summed E-state index contributed by atoms with van der Waals surface area (Å²) in [5, 5.41) is 28.1. The Morgan fingerprint density at radius 2 is 1.83 bits per heavy atom. The Balaban J connectivity index is 0.00000320. The van der Waals surface area contributed by atoms with Crippen molar-refractivity contribution in [2.24, 2.45) is 0 Å². The van der Waals surface area contributed by atoms with Crippen LogP contribution in [0, 0.1) is 5.82 Å². The Bertz CT molecular complexity index is 1040. The molecule has 1 heterocycles. The van der Waals surface area contributed by atoms with Gasteiger partial charge in [0.2, 0.25) is 0 Å². The molecule has 160 valence electrons. The van der Waals surface area contributed by atoms with E-state index < -0.39 is 24.1 Å². The fourth-order valence-corrected chi connectivity index (χ4v) is 3.79. The van der Waals surface area contributed by atoms with Crippen LogP contribution in [0.25, 0.3) is 10.9 Å². The molecule has 3 aromatic rings. The standard InChI is InChI=1S/C20H18FNO6S.H3N/c21-12-5-6-13-14(9-12)22-10-16(13)29-15-4-2-1-3-11(15)7-8-28-20(27)18(24)17(23)19(25)26;/h1-6,9-10,17-18,22-24H,7-8H2,(H,25,26);1H3. The maximum Gasteiger partial charge on any atom is 0.338 e. The molecule has 0 radical (unpaired) electrons. The molecular weight excluding hydrogens is 415 g/mol. The smallest absolute Gasteiger partial charge is 0.338 e. The summed E-state index contributed by atoms with van der Waals surface area (Å²) in [6, 6.07) is 11.9. The van der Waals surface area contributed by atoms with Gasteiger partial charge in [-0.2, -0.15) is 0 Å². The number of halogens is 1. The molecule has 0 saturated carbocycles. The Hall–Kier alpha value is -2.92. The molecule has 0 aliphatic heterocycles. The summed E-state index contributed by atoms with van der Waals surface area (Å²) in [5.74, 6) is -3.24. The van der Waals surface area contributed by atoms with Crippen molar-refractivity contribution in [3.05, 3.63) is 60.0 Å². The van der Waals surface area contributed by atoms with Crippen molar-refractivity contribution in [3.8, 4) is 0 Å². The SMILES string of the molecule is N.O=C(O)C(O)C(O)C(=O)OCCc1ccccc1Sc1c[nH]c2cc(F)ccc12. The Morgan fingerprint density at radius 3 is 2.57 bits per heavy atom. The Labute approximate surface area is 175 Å². The van der Waals surface area contributed by atoms with Gasteiger partial charge in [-0.25, -0.2) is 14.0 Å². The Morgan fingerprint density at radius 1 is 1.10 bits per heavy atom. The van der Waals surface area contributed by atoms with Crippen LogP contribution in [0.1, 0.15) is 5.56 Å². The normalized spacial score (nSPS) is 12.8. The molecule has 0 spiro atoms. The lowest BCUT2D eigenvalue weighted by Crippen LogP contribution is -2.40. The molecule has 0 fully saturated rings. The van der Waals surface area contributed by atoms with Crippen molar-refractivity contribution in [2.75, 3.05) is 6.61 Å². The van der Waals surface area contributed by atoms with Gasteiger partial charge in [-0.15, -0.1) is 0 Å². The highest BCUT2D eigenvalue weighted by molar-refractivity contribution is 7.99. The first-order valence-electron chi connectivity index (χ1n) is 8.65. The monoisotopic (exact) mass is 436 g/mol. The van der Waals surface area contributed by atoms with E-state index >= 15 is 0 Å². The van der Waals surface area contributed by atoms with Gasteiger partial charge in [-0.1, -0.05) is 30.0 Å². The zero-order valence-corrected chi connectivity index (χ0v) is 16.6. The van der Waals surface area contributed by atoms with Gasteiger partial charge < -0.3 is 31.2 Å². The zero-order chi connectivity index (χ0) is 21.0. The molecule has 1 aromatic heterocycles. The van der Waals surface area contributed by atoms with Crippen LogP contribution in [0.5, 0.6) is 0 Å². The zero-order valence-electron chi connectivity index (χ0n) is 15.7. The number of fused-ring (bicyclic) bond motifs is 1. The predicted octanol–water partition coefficient (Wildman–Crippen LogP) is 2.51. The number of nitrogens with one attached hydrogen (secondary N) is 1. The summed E-state index contributed by atoms with van der Waals surface area (Å²) in [6.07, 6.45) is -2.28. The third-order valence-electron chi connectivity index (χ3n) is 4.21. The van der Waals surface area contributed by atoms with E-state index in [4.69, 9.17) is 9.84 Å². The van der Waals surface area contributed by atoms with Crippen molar-refractivity contribution in [1.82, 2.24) is 11.1 Å². The largest absolute Gasteiger partial charge is 0.479 e. The average molecular weight is 436 g/mol. The second kappa shape index (κ2) is 10.2. The first-order valence-corrected chi connectivity index (χ1v) is 9.46. The van der Waals surface area contributed by atoms with Gasteiger partial charge >= 0.3 is 11.9 Å². The van der Waals surface area contributed by atoms with Crippen LogP contribution in [-0.2, 0) is 20.7 Å². The third-order valence-corrected chi connectivity index (χ3v) is 5.38. The van der Waals surface area contributed by atoms with Gasteiger partial charge in [0, 0.05) is 33.3 Å². The van der Waals surface area contributed by atoms with Crippen molar-refractivity contribution in [2.45, 2.75) is 28.4 Å². The first-order chi connectivity index (χ1) is 13.9.